The highest BCUT2D eigenvalue weighted by atomic mass is 32.7. The molecule has 0 saturated carbocycles. The van der Waals surface area contributed by atoms with Gasteiger partial charge >= 0.3 is 16.9 Å². The number of methoxy groups -OCH3 is 1. The highest BCUT2D eigenvalue weighted by Crippen LogP contribution is 2.55. The Morgan fingerprint density at radius 2 is 1.54 bits per heavy atom. The molecule has 0 aliphatic rings. The van der Waals surface area contributed by atoms with Gasteiger partial charge in [0, 0.05) is 5.75 Å². The summed E-state index contributed by atoms with van der Waals surface area (Å²) in [5.74, 6) is 1.23. The predicted octanol–water partition coefficient (Wildman–Crippen LogP) is 4.09. The molecule has 7 nitrogen and oxygen atoms in total. The maximum absolute atomic E-state index is 12.3. The molecule has 1 N–H and O–H groups in total. The van der Waals surface area contributed by atoms with Crippen molar-refractivity contribution in [3.8, 4) is 17.2 Å². The summed E-state index contributed by atoms with van der Waals surface area (Å²) in [5.41, 5.74) is 0. The zero-order valence-corrected chi connectivity index (χ0v) is 16.7. The molecular weight excluding hydrogens is 399 g/mol. The van der Waals surface area contributed by atoms with Crippen molar-refractivity contribution in [3.63, 3.8) is 0 Å². The van der Waals surface area contributed by atoms with E-state index in [1.54, 1.807) is 0 Å². The van der Waals surface area contributed by atoms with E-state index in [1.807, 2.05) is 6.92 Å². The van der Waals surface area contributed by atoms with Crippen LogP contribution in [0.3, 0.4) is 0 Å². The summed E-state index contributed by atoms with van der Waals surface area (Å²) in [4.78, 5) is 9.69. The second-order valence-electron chi connectivity index (χ2n) is 5.08. The number of rotatable bonds is 9. The Morgan fingerprint density at radius 3 is 2.08 bits per heavy atom. The van der Waals surface area contributed by atoms with Crippen LogP contribution in [-0.2, 0) is 14.7 Å². The van der Waals surface area contributed by atoms with Crippen LogP contribution in [0, 0.1) is 0 Å². The molecule has 2 aromatic carbocycles. The number of hydrogen-bond donors (Lipinski definition) is 1. The second-order valence-corrected chi connectivity index (χ2v) is 10.6. The van der Waals surface area contributed by atoms with Gasteiger partial charge in [-0.15, -0.1) is 0 Å². The fourth-order valence-electron chi connectivity index (χ4n) is 1.84. The summed E-state index contributed by atoms with van der Waals surface area (Å²) < 4.78 is 51.4. The molecule has 10 heteroatoms. The van der Waals surface area contributed by atoms with Gasteiger partial charge in [0.2, 0.25) is 0 Å². The van der Waals surface area contributed by atoms with Crippen LogP contribution >= 0.6 is 18.2 Å². The SMILES string of the molecule is CCCSP(=O)(O)Oc1ccc(OS(=O)(=O)c2ccc(OC)cc2)cc1. The lowest BCUT2D eigenvalue weighted by molar-refractivity contribution is 0.402. The van der Waals surface area contributed by atoms with Crippen molar-refractivity contribution in [2.75, 3.05) is 12.9 Å². The van der Waals surface area contributed by atoms with Crippen LogP contribution in [0.25, 0.3) is 0 Å². The lowest BCUT2D eigenvalue weighted by atomic mass is 10.3. The van der Waals surface area contributed by atoms with Crippen molar-refractivity contribution < 1.29 is 31.3 Å². The monoisotopic (exact) mass is 418 g/mol. The Bertz CT molecular complexity index is 864. The first-order valence-electron chi connectivity index (χ1n) is 7.61. The summed E-state index contributed by atoms with van der Waals surface area (Å²) in [6.07, 6.45) is 0.745. The maximum Gasteiger partial charge on any atom is 0.437 e. The van der Waals surface area contributed by atoms with E-state index < -0.39 is 16.9 Å². The minimum Gasteiger partial charge on any atom is -0.497 e. The first-order valence-corrected chi connectivity index (χ1v) is 12.2. The minimum atomic E-state index is -4.00. The van der Waals surface area contributed by atoms with E-state index in [0.29, 0.717) is 11.5 Å². The van der Waals surface area contributed by atoms with Crippen molar-refractivity contribution in [1.29, 1.82) is 0 Å². The zero-order chi connectivity index (χ0) is 19.2. The average Bonchev–Trinajstić information content (AvgIpc) is 2.61. The largest absolute Gasteiger partial charge is 0.497 e. The summed E-state index contributed by atoms with van der Waals surface area (Å²) in [5, 5.41) is 0. The van der Waals surface area contributed by atoms with Crippen molar-refractivity contribution in [2.45, 2.75) is 18.2 Å². The quantitative estimate of drug-likeness (QED) is 0.480. The van der Waals surface area contributed by atoms with Gasteiger partial charge < -0.3 is 18.3 Å². The van der Waals surface area contributed by atoms with Gasteiger partial charge in [-0.1, -0.05) is 6.92 Å². The molecule has 0 aromatic heterocycles. The molecule has 0 bridgehead atoms. The van der Waals surface area contributed by atoms with E-state index >= 15 is 0 Å². The normalized spacial score (nSPS) is 13.7. The van der Waals surface area contributed by atoms with Crippen LogP contribution in [0.4, 0.5) is 0 Å². The summed E-state index contributed by atoms with van der Waals surface area (Å²) in [6.45, 7) is -1.91. The van der Waals surface area contributed by atoms with Gasteiger partial charge in [-0.3, -0.25) is 0 Å². The first kappa shape index (κ1) is 20.6. The Hall–Kier alpha value is -1.67. The molecule has 1 unspecified atom stereocenters. The highest BCUT2D eigenvalue weighted by Gasteiger charge is 2.22. The number of hydrogen-bond acceptors (Lipinski definition) is 7. The lowest BCUT2D eigenvalue weighted by Crippen LogP contribution is -2.09. The molecule has 0 aliphatic heterocycles. The van der Waals surface area contributed by atoms with Crippen LogP contribution in [0.2, 0.25) is 0 Å². The third-order valence-electron chi connectivity index (χ3n) is 3.06. The van der Waals surface area contributed by atoms with E-state index in [2.05, 4.69) is 0 Å². The lowest BCUT2D eigenvalue weighted by Gasteiger charge is -2.12. The van der Waals surface area contributed by atoms with Gasteiger partial charge in [-0.2, -0.15) is 8.42 Å². The van der Waals surface area contributed by atoms with E-state index in [4.69, 9.17) is 13.4 Å². The third-order valence-corrected chi connectivity index (χ3v) is 7.43. The molecule has 0 heterocycles. The summed E-state index contributed by atoms with van der Waals surface area (Å²) in [7, 11) is -2.52. The fourth-order valence-corrected chi connectivity index (χ4v) is 5.28. The highest BCUT2D eigenvalue weighted by molar-refractivity contribution is 8.54. The Balaban J connectivity index is 2.07. The fraction of sp³-hybridized carbons (Fsp3) is 0.250. The topological polar surface area (TPSA) is 99.1 Å². The Labute approximate surface area is 156 Å². The third kappa shape index (κ3) is 5.95. The molecule has 0 aliphatic carbocycles. The van der Waals surface area contributed by atoms with Gasteiger partial charge in [0.25, 0.3) is 0 Å². The molecule has 2 rings (SSSR count). The predicted molar refractivity (Wildman–Crippen MR) is 100 cm³/mol. The Kier molecular flexibility index (Phi) is 7.00. The maximum atomic E-state index is 12.3. The van der Waals surface area contributed by atoms with Gasteiger partial charge in [0.15, 0.2) is 0 Å². The Morgan fingerprint density at radius 1 is 1.00 bits per heavy atom. The molecule has 26 heavy (non-hydrogen) atoms. The van der Waals surface area contributed by atoms with Gasteiger partial charge in [0.05, 0.1) is 7.11 Å². The molecule has 0 amide bonds. The minimum absolute atomic E-state index is 0.0190. The zero-order valence-electron chi connectivity index (χ0n) is 14.2. The molecule has 1 atom stereocenters. The first-order chi connectivity index (χ1) is 12.3. The molecular formula is C16H19O7PS2. The van der Waals surface area contributed by atoms with Crippen LogP contribution in [-0.4, -0.2) is 26.2 Å². The number of benzene rings is 2. The standard InChI is InChI=1S/C16H19O7PS2/c1-3-12-25-24(17,18)22-14-4-6-15(7-5-14)23-26(19,20)16-10-8-13(21-2)9-11-16/h4-11H,3,12H2,1-2H3,(H,17,18). The van der Waals surface area contributed by atoms with E-state index in [0.717, 1.165) is 17.8 Å². The van der Waals surface area contributed by atoms with Crippen molar-refractivity contribution in [2.24, 2.45) is 0 Å². The molecule has 0 spiro atoms. The van der Waals surface area contributed by atoms with Crippen LogP contribution in [0.5, 0.6) is 17.2 Å². The second kappa shape index (κ2) is 8.81. The molecule has 142 valence electrons. The van der Waals surface area contributed by atoms with Crippen molar-refractivity contribution >= 4 is 28.3 Å². The van der Waals surface area contributed by atoms with Crippen molar-refractivity contribution in [3.05, 3.63) is 48.5 Å². The van der Waals surface area contributed by atoms with Crippen LogP contribution in [0.15, 0.2) is 53.4 Å². The van der Waals surface area contributed by atoms with Gasteiger partial charge in [-0.25, -0.2) is 4.57 Å². The molecule has 0 fully saturated rings. The van der Waals surface area contributed by atoms with Crippen molar-refractivity contribution in [1.82, 2.24) is 0 Å². The van der Waals surface area contributed by atoms with E-state index in [-0.39, 0.29) is 16.4 Å². The van der Waals surface area contributed by atoms with E-state index in [9.17, 15) is 17.9 Å². The van der Waals surface area contributed by atoms with Crippen LogP contribution in [0.1, 0.15) is 13.3 Å². The molecule has 0 saturated heterocycles. The van der Waals surface area contributed by atoms with Gasteiger partial charge in [0.1, 0.15) is 22.1 Å². The summed E-state index contributed by atoms with van der Waals surface area (Å²) >= 11 is 0.840. The summed E-state index contributed by atoms with van der Waals surface area (Å²) in [6, 6.07) is 11.2. The van der Waals surface area contributed by atoms with Crippen LogP contribution < -0.4 is 13.4 Å². The molecule has 2 aromatic rings. The average molecular weight is 418 g/mol. The van der Waals surface area contributed by atoms with E-state index in [1.165, 1.54) is 55.6 Å². The smallest absolute Gasteiger partial charge is 0.437 e. The van der Waals surface area contributed by atoms with Gasteiger partial charge in [-0.05, 0) is 66.3 Å². The number of ether oxygens (including phenoxy) is 1. The molecule has 0 radical (unpaired) electrons.